The highest BCUT2D eigenvalue weighted by molar-refractivity contribution is 7.80. The van der Waals surface area contributed by atoms with Gasteiger partial charge in [0.05, 0.1) is 30.0 Å². The molecule has 1 aliphatic rings. The van der Waals surface area contributed by atoms with Gasteiger partial charge in [0.2, 0.25) is 0 Å². The maximum absolute atomic E-state index is 5.73. The van der Waals surface area contributed by atoms with Crippen molar-refractivity contribution in [1.82, 2.24) is 24.8 Å². The average molecular weight is 378 g/mol. The first-order valence-corrected chi connectivity index (χ1v) is 9.48. The van der Waals surface area contributed by atoms with Crippen molar-refractivity contribution >= 4 is 17.3 Å². The van der Waals surface area contributed by atoms with E-state index in [0.717, 1.165) is 16.5 Å². The molecule has 0 aliphatic carbocycles. The molecule has 1 fully saturated rings. The largest absolute Gasteiger partial charge is 0.352 e. The molecule has 5 nitrogen and oxygen atoms in total. The van der Waals surface area contributed by atoms with Crippen molar-refractivity contribution < 1.29 is 0 Å². The van der Waals surface area contributed by atoms with Gasteiger partial charge >= 0.3 is 0 Å². The van der Waals surface area contributed by atoms with E-state index in [4.69, 9.17) is 12.2 Å². The van der Waals surface area contributed by atoms with Crippen LogP contribution in [0.15, 0.2) is 54.9 Å². The van der Waals surface area contributed by atoms with E-state index < -0.39 is 0 Å². The van der Waals surface area contributed by atoms with Crippen molar-refractivity contribution in [2.24, 2.45) is 7.05 Å². The van der Waals surface area contributed by atoms with Gasteiger partial charge in [-0.2, -0.15) is 0 Å². The highest BCUT2D eigenvalue weighted by atomic mass is 32.1. The monoisotopic (exact) mass is 377 g/mol. The Bertz CT molecular complexity index is 951. The first-order chi connectivity index (χ1) is 13.1. The van der Waals surface area contributed by atoms with E-state index in [9.17, 15) is 0 Å². The van der Waals surface area contributed by atoms with E-state index in [1.165, 1.54) is 17.0 Å². The van der Waals surface area contributed by atoms with E-state index >= 15 is 0 Å². The van der Waals surface area contributed by atoms with E-state index in [0.29, 0.717) is 6.54 Å². The molecule has 3 aromatic heterocycles. The number of aryl methyl sites for hydroxylation is 1. The molecule has 1 saturated heterocycles. The predicted octanol–water partition coefficient (Wildman–Crippen LogP) is 3.60. The Hall–Kier alpha value is -2.73. The summed E-state index contributed by atoms with van der Waals surface area (Å²) in [4.78, 5) is 11.3. The number of rotatable bonds is 4. The molecule has 27 heavy (non-hydrogen) atoms. The lowest BCUT2D eigenvalue weighted by molar-refractivity contribution is 0.307. The zero-order valence-electron chi connectivity index (χ0n) is 15.8. The fraction of sp³-hybridized carbons (Fsp3) is 0.286. The van der Waals surface area contributed by atoms with Crippen molar-refractivity contribution in [1.29, 1.82) is 0 Å². The molecule has 4 rings (SSSR count). The normalized spacial score (nSPS) is 19.4. The van der Waals surface area contributed by atoms with Gasteiger partial charge in [-0.05, 0) is 62.0 Å². The Labute approximate surface area is 165 Å². The second-order valence-corrected chi connectivity index (χ2v) is 7.35. The fourth-order valence-corrected chi connectivity index (χ4v) is 4.07. The third kappa shape index (κ3) is 3.21. The first-order valence-electron chi connectivity index (χ1n) is 9.07. The lowest BCUT2D eigenvalue weighted by atomic mass is 9.96. The Balaban J connectivity index is 1.79. The summed E-state index contributed by atoms with van der Waals surface area (Å²) in [7, 11) is 2.10. The summed E-state index contributed by atoms with van der Waals surface area (Å²) < 4.78 is 2.23. The van der Waals surface area contributed by atoms with E-state index in [2.05, 4.69) is 57.8 Å². The van der Waals surface area contributed by atoms with Crippen molar-refractivity contribution in [3.05, 3.63) is 83.2 Å². The van der Waals surface area contributed by atoms with Crippen molar-refractivity contribution in [3.8, 4) is 0 Å². The van der Waals surface area contributed by atoms with Gasteiger partial charge in [-0.1, -0.05) is 12.1 Å². The number of pyridine rings is 2. The van der Waals surface area contributed by atoms with Crippen LogP contribution in [-0.2, 0) is 13.6 Å². The SMILES string of the molecule is Cc1cc([C@@H]2[C@@H](c3ccccn3)NC(=S)N2Cc2ccccn2)c(C)n1C. The van der Waals surface area contributed by atoms with Crippen LogP contribution >= 0.6 is 12.2 Å². The van der Waals surface area contributed by atoms with Crippen LogP contribution in [0.25, 0.3) is 0 Å². The highest BCUT2D eigenvalue weighted by Crippen LogP contribution is 2.41. The molecular formula is C21H23N5S. The molecule has 4 heterocycles. The molecule has 1 N–H and O–H groups in total. The fourth-order valence-electron chi connectivity index (χ4n) is 3.76. The van der Waals surface area contributed by atoms with Crippen molar-refractivity contribution in [3.63, 3.8) is 0 Å². The minimum Gasteiger partial charge on any atom is -0.352 e. The number of aromatic nitrogens is 3. The number of thiocarbonyl (C=S) groups is 1. The zero-order chi connectivity index (χ0) is 19.0. The Morgan fingerprint density at radius 2 is 1.81 bits per heavy atom. The second-order valence-electron chi connectivity index (χ2n) is 6.96. The summed E-state index contributed by atoms with van der Waals surface area (Å²) in [5.74, 6) is 0. The summed E-state index contributed by atoms with van der Waals surface area (Å²) in [6, 6.07) is 14.3. The Morgan fingerprint density at radius 1 is 1.07 bits per heavy atom. The number of nitrogens with zero attached hydrogens (tertiary/aromatic N) is 4. The number of hydrogen-bond acceptors (Lipinski definition) is 3. The van der Waals surface area contributed by atoms with Crippen LogP contribution in [0.1, 0.15) is 40.4 Å². The number of hydrogen-bond donors (Lipinski definition) is 1. The maximum atomic E-state index is 5.73. The van der Waals surface area contributed by atoms with Crippen LogP contribution in [0.5, 0.6) is 0 Å². The minimum atomic E-state index is 0.00270. The summed E-state index contributed by atoms with van der Waals surface area (Å²) in [5, 5.41) is 4.24. The summed E-state index contributed by atoms with van der Waals surface area (Å²) >= 11 is 5.73. The molecule has 0 aromatic carbocycles. The summed E-state index contributed by atoms with van der Waals surface area (Å²) in [5.41, 5.74) is 5.75. The van der Waals surface area contributed by atoms with Crippen molar-refractivity contribution in [2.45, 2.75) is 32.5 Å². The van der Waals surface area contributed by atoms with Crippen LogP contribution in [0.3, 0.4) is 0 Å². The molecule has 0 radical (unpaired) electrons. The molecule has 6 heteroatoms. The third-order valence-electron chi connectivity index (χ3n) is 5.39. The van der Waals surface area contributed by atoms with Gasteiger partial charge < -0.3 is 14.8 Å². The molecular weight excluding hydrogens is 354 g/mol. The van der Waals surface area contributed by atoms with Crippen LogP contribution in [0.2, 0.25) is 0 Å². The van der Waals surface area contributed by atoms with E-state index in [1.807, 2.05) is 42.7 Å². The van der Waals surface area contributed by atoms with Gasteiger partial charge in [-0.15, -0.1) is 0 Å². The smallest absolute Gasteiger partial charge is 0.170 e. The van der Waals surface area contributed by atoms with E-state index in [-0.39, 0.29) is 12.1 Å². The lowest BCUT2D eigenvalue weighted by Gasteiger charge is -2.27. The molecule has 0 amide bonds. The van der Waals surface area contributed by atoms with Gasteiger partial charge in [-0.3, -0.25) is 9.97 Å². The van der Waals surface area contributed by atoms with E-state index in [1.54, 1.807) is 0 Å². The lowest BCUT2D eigenvalue weighted by Crippen LogP contribution is -2.29. The van der Waals surface area contributed by atoms with Gasteiger partial charge in [0.25, 0.3) is 0 Å². The quantitative estimate of drug-likeness (QED) is 0.704. The summed E-state index contributed by atoms with van der Waals surface area (Å²) in [6.07, 6.45) is 3.66. The topological polar surface area (TPSA) is 46.0 Å². The molecule has 1 aliphatic heterocycles. The van der Waals surface area contributed by atoms with Gasteiger partial charge in [0.15, 0.2) is 5.11 Å². The number of nitrogens with one attached hydrogen (secondary N) is 1. The maximum Gasteiger partial charge on any atom is 0.170 e. The predicted molar refractivity (Wildman–Crippen MR) is 110 cm³/mol. The van der Waals surface area contributed by atoms with Gasteiger partial charge in [0.1, 0.15) is 0 Å². The second kappa shape index (κ2) is 7.12. The van der Waals surface area contributed by atoms with Gasteiger partial charge in [-0.25, -0.2) is 0 Å². The van der Waals surface area contributed by atoms with Gasteiger partial charge in [0, 0.05) is 30.8 Å². The first kappa shape index (κ1) is 17.7. The molecule has 0 unspecified atom stereocenters. The Kier molecular flexibility index (Phi) is 4.66. The third-order valence-corrected chi connectivity index (χ3v) is 5.74. The van der Waals surface area contributed by atoms with Crippen molar-refractivity contribution in [2.75, 3.05) is 0 Å². The zero-order valence-corrected chi connectivity index (χ0v) is 16.6. The highest BCUT2D eigenvalue weighted by Gasteiger charge is 2.41. The van der Waals surface area contributed by atoms with Crippen LogP contribution in [0, 0.1) is 13.8 Å². The molecule has 0 saturated carbocycles. The molecule has 138 valence electrons. The average Bonchev–Trinajstić information content (AvgIpc) is 3.14. The molecule has 3 aromatic rings. The summed E-state index contributed by atoms with van der Waals surface area (Å²) in [6.45, 7) is 4.96. The van der Waals surface area contributed by atoms with Crippen LogP contribution in [-0.4, -0.2) is 24.5 Å². The molecule has 0 bridgehead atoms. The molecule has 0 spiro atoms. The molecule has 2 atom stereocenters. The minimum absolute atomic E-state index is 0.00270. The standard InChI is InChI=1S/C21H23N5S/c1-14-12-17(15(2)25(14)3)20-19(18-9-5-7-11-23-18)24-21(27)26(20)13-16-8-4-6-10-22-16/h4-12,19-20H,13H2,1-3H3,(H,24,27)/t19-,20-/m1/s1. The van der Waals surface area contributed by atoms with Crippen LogP contribution < -0.4 is 5.32 Å². The Morgan fingerprint density at radius 3 is 2.41 bits per heavy atom. The van der Waals surface area contributed by atoms with Crippen LogP contribution in [0.4, 0.5) is 0 Å².